The van der Waals surface area contributed by atoms with E-state index in [-0.39, 0.29) is 6.04 Å². The van der Waals surface area contributed by atoms with Crippen LogP contribution in [0.3, 0.4) is 0 Å². The quantitative estimate of drug-likeness (QED) is 0.894. The third-order valence-electron chi connectivity index (χ3n) is 3.92. The van der Waals surface area contributed by atoms with Crippen LogP contribution < -0.4 is 5.73 Å². The van der Waals surface area contributed by atoms with Crippen molar-refractivity contribution in [1.29, 1.82) is 0 Å². The summed E-state index contributed by atoms with van der Waals surface area (Å²) >= 11 is 0. The fourth-order valence-electron chi connectivity index (χ4n) is 2.77. The van der Waals surface area contributed by atoms with Gasteiger partial charge in [0.1, 0.15) is 5.82 Å². The van der Waals surface area contributed by atoms with E-state index in [4.69, 9.17) is 5.73 Å². The molecule has 1 heterocycles. The fourth-order valence-corrected chi connectivity index (χ4v) is 2.77. The first-order valence-electron chi connectivity index (χ1n) is 6.62. The van der Waals surface area contributed by atoms with Crippen molar-refractivity contribution in [1.82, 2.24) is 9.55 Å². The summed E-state index contributed by atoms with van der Waals surface area (Å²) in [7, 11) is 0. The molecule has 2 aromatic rings. The first-order valence-corrected chi connectivity index (χ1v) is 6.62. The lowest BCUT2D eigenvalue weighted by Crippen LogP contribution is -2.18. The number of hydrogen-bond donors (Lipinski definition) is 1. The lowest BCUT2D eigenvalue weighted by Gasteiger charge is -2.13. The summed E-state index contributed by atoms with van der Waals surface area (Å²) in [5, 5.41) is 0. The van der Waals surface area contributed by atoms with E-state index in [0.717, 1.165) is 12.4 Å². The minimum absolute atomic E-state index is 0.0603. The number of hydrogen-bond acceptors (Lipinski definition) is 2. The second-order valence-corrected chi connectivity index (χ2v) is 5.01. The maximum atomic E-state index is 6.37. The SMILES string of the molecule is CCn1ccnc1C(N)C1CC1c1ccccc1. The van der Waals surface area contributed by atoms with Crippen molar-refractivity contribution in [3.63, 3.8) is 0 Å². The van der Waals surface area contributed by atoms with Crippen molar-refractivity contribution in [3.8, 4) is 0 Å². The van der Waals surface area contributed by atoms with Crippen LogP contribution >= 0.6 is 0 Å². The van der Waals surface area contributed by atoms with E-state index < -0.39 is 0 Å². The molecule has 1 aliphatic carbocycles. The summed E-state index contributed by atoms with van der Waals surface area (Å²) in [6, 6.07) is 10.7. The molecule has 3 rings (SSSR count). The summed E-state index contributed by atoms with van der Waals surface area (Å²) in [4.78, 5) is 4.41. The van der Waals surface area contributed by atoms with E-state index in [1.807, 2.05) is 12.4 Å². The van der Waals surface area contributed by atoms with Crippen LogP contribution in [0.4, 0.5) is 0 Å². The van der Waals surface area contributed by atoms with Gasteiger partial charge in [-0.1, -0.05) is 30.3 Å². The highest BCUT2D eigenvalue weighted by molar-refractivity contribution is 5.27. The van der Waals surface area contributed by atoms with Crippen molar-refractivity contribution in [3.05, 3.63) is 54.1 Å². The highest BCUT2D eigenvalue weighted by Crippen LogP contribution is 2.52. The number of aromatic nitrogens is 2. The summed E-state index contributed by atoms with van der Waals surface area (Å²) in [6.07, 6.45) is 5.04. The summed E-state index contributed by atoms with van der Waals surface area (Å²) in [5.74, 6) is 2.18. The molecule has 1 aliphatic rings. The van der Waals surface area contributed by atoms with Crippen molar-refractivity contribution in [2.75, 3.05) is 0 Å². The molecule has 3 heteroatoms. The van der Waals surface area contributed by atoms with Crippen LogP contribution in [0, 0.1) is 5.92 Å². The van der Waals surface area contributed by atoms with E-state index in [1.165, 1.54) is 12.0 Å². The molecule has 0 bridgehead atoms. The molecule has 1 aromatic heterocycles. The van der Waals surface area contributed by atoms with Gasteiger partial charge in [-0.05, 0) is 30.7 Å². The third kappa shape index (κ3) is 1.95. The van der Waals surface area contributed by atoms with E-state index in [1.54, 1.807) is 0 Å². The normalized spacial score (nSPS) is 23.9. The second-order valence-electron chi connectivity index (χ2n) is 5.01. The monoisotopic (exact) mass is 241 g/mol. The van der Waals surface area contributed by atoms with E-state index in [9.17, 15) is 0 Å². The second kappa shape index (κ2) is 4.58. The minimum atomic E-state index is 0.0603. The lowest BCUT2D eigenvalue weighted by molar-refractivity contribution is 0.541. The maximum absolute atomic E-state index is 6.37. The van der Waals surface area contributed by atoms with Gasteiger partial charge < -0.3 is 10.3 Å². The van der Waals surface area contributed by atoms with Gasteiger partial charge in [0.2, 0.25) is 0 Å². The van der Waals surface area contributed by atoms with E-state index in [2.05, 4.69) is 46.8 Å². The predicted octanol–water partition coefficient (Wildman–Crippen LogP) is 2.71. The van der Waals surface area contributed by atoms with Crippen LogP contribution in [-0.2, 0) is 6.54 Å². The maximum Gasteiger partial charge on any atom is 0.125 e. The molecule has 94 valence electrons. The van der Waals surface area contributed by atoms with Crippen LogP contribution in [0.1, 0.15) is 36.7 Å². The number of nitrogens with zero attached hydrogens (tertiary/aromatic N) is 2. The van der Waals surface area contributed by atoms with Gasteiger partial charge in [0.25, 0.3) is 0 Å². The summed E-state index contributed by atoms with van der Waals surface area (Å²) < 4.78 is 2.14. The number of benzene rings is 1. The lowest BCUT2D eigenvalue weighted by atomic mass is 10.1. The first-order chi connectivity index (χ1) is 8.81. The molecule has 0 amide bonds. The van der Waals surface area contributed by atoms with E-state index in [0.29, 0.717) is 11.8 Å². The average molecular weight is 241 g/mol. The van der Waals surface area contributed by atoms with Gasteiger partial charge in [-0.3, -0.25) is 0 Å². The number of rotatable bonds is 4. The Labute approximate surface area is 108 Å². The van der Waals surface area contributed by atoms with Crippen molar-refractivity contribution in [2.45, 2.75) is 31.8 Å². The van der Waals surface area contributed by atoms with Gasteiger partial charge in [0, 0.05) is 18.9 Å². The Morgan fingerprint density at radius 3 is 2.89 bits per heavy atom. The molecule has 1 saturated carbocycles. The number of nitrogens with two attached hydrogens (primary N) is 1. The minimum Gasteiger partial charge on any atom is -0.334 e. The Balaban J connectivity index is 1.75. The van der Waals surface area contributed by atoms with Crippen LogP contribution in [-0.4, -0.2) is 9.55 Å². The first kappa shape index (κ1) is 11.5. The summed E-state index contributed by atoms with van der Waals surface area (Å²) in [6.45, 7) is 3.06. The topological polar surface area (TPSA) is 43.8 Å². The highest BCUT2D eigenvalue weighted by atomic mass is 15.1. The van der Waals surface area contributed by atoms with E-state index >= 15 is 0 Å². The predicted molar refractivity (Wildman–Crippen MR) is 72.1 cm³/mol. The molecule has 3 unspecified atom stereocenters. The Hall–Kier alpha value is -1.61. The highest BCUT2D eigenvalue weighted by Gasteiger charge is 2.44. The van der Waals surface area contributed by atoms with Crippen LogP contribution in [0.2, 0.25) is 0 Å². The van der Waals surface area contributed by atoms with Gasteiger partial charge in [-0.25, -0.2) is 4.98 Å². The summed E-state index contributed by atoms with van der Waals surface area (Å²) in [5.41, 5.74) is 7.78. The van der Waals surface area contributed by atoms with Crippen LogP contribution in [0.25, 0.3) is 0 Å². The molecule has 0 radical (unpaired) electrons. The molecule has 3 nitrogen and oxygen atoms in total. The molecule has 2 N–H and O–H groups in total. The van der Waals surface area contributed by atoms with Crippen molar-refractivity contribution in [2.24, 2.45) is 11.7 Å². The number of aryl methyl sites for hydroxylation is 1. The molecule has 0 spiro atoms. The average Bonchev–Trinajstić information content (AvgIpc) is 3.08. The fraction of sp³-hybridized carbons (Fsp3) is 0.400. The van der Waals surface area contributed by atoms with Gasteiger partial charge in [0.05, 0.1) is 6.04 Å². The molecule has 18 heavy (non-hydrogen) atoms. The van der Waals surface area contributed by atoms with Crippen LogP contribution in [0.15, 0.2) is 42.7 Å². The molecular formula is C15H19N3. The molecule has 1 aromatic carbocycles. The van der Waals surface area contributed by atoms with Gasteiger partial charge in [-0.15, -0.1) is 0 Å². The zero-order valence-electron chi connectivity index (χ0n) is 10.7. The standard InChI is InChI=1S/C15H19N3/c1-2-18-9-8-17-15(18)14(16)13-10-12(13)11-6-4-3-5-7-11/h3-9,12-14H,2,10,16H2,1H3. The molecule has 1 fully saturated rings. The van der Waals surface area contributed by atoms with Crippen LogP contribution in [0.5, 0.6) is 0 Å². The molecule has 3 atom stereocenters. The van der Waals surface area contributed by atoms with Gasteiger partial charge in [-0.2, -0.15) is 0 Å². The third-order valence-corrected chi connectivity index (χ3v) is 3.92. The van der Waals surface area contributed by atoms with Crippen molar-refractivity contribution < 1.29 is 0 Å². The Morgan fingerprint density at radius 2 is 2.17 bits per heavy atom. The van der Waals surface area contributed by atoms with Gasteiger partial charge in [0.15, 0.2) is 0 Å². The smallest absolute Gasteiger partial charge is 0.125 e. The molecule has 0 aliphatic heterocycles. The Kier molecular flexibility index (Phi) is 2.92. The van der Waals surface area contributed by atoms with Gasteiger partial charge >= 0.3 is 0 Å². The molecule has 0 saturated heterocycles. The largest absolute Gasteiger partial charge is 0.334 e. The molecular weight excluding hydrogens is 222 g/mol. The Bertz CT molecular complexity index is 518. The zero-order chi connectivity index (χ0) is 12.5. The van der Waals surface area contributed by atoms with Crippen molar-refractivity contribution >= 4 is 0 Å². The number of imidazole rings is 1. The zero-order valence-corrected chi connectivity index (χ0v) is 10.7. The Morgan fingerprint density at radius 1 is 1.39 bits per heavy atom.